The highest BCUT2D eigenvalue weighted by Crippen LogP contribution is 2.16. The molecule has 0 saturated heterocycles. The zero-order valence-corrected chi connectivity index (χ0v) is 12.4. The van der Waals surface area contributed by atoms with Gasteiger partial charge in [-0.15, -0.1) is 0 Å². The standard InChI is InChI=1S/C15H16N4O3/c1-18-14-13(9-17-18)15(20)19(10-16-14)7-8-22-12-5-3-11(21-2)4-6-12/h3-6,9-10H,7-8H2,1-2H3. The van der Waals surface area contributed by atoms with E-state index in [-0.39, 0.29) is 5.56 Å². The summed E-state index contributed by atoms with van der Waals surface area (Å²) in [5.74, 6) is 1.50. The van der Waals surface area contributed by atoms with Crippen molar-refractivity contribution in [3.8, 4) is 11.5 Å². The van der Waals surface area contributed by atoms with Gasteiger partial charge in [0.15, 0.2) is 5.65 Å². The van der Waals surface area contributed by atoms with Gasteiger partial charge in [0.25, 0.3) is 5.56 Å². The SMILES string of the molecule is COc1ccc(OCCn2cnc3c(cnn3C)c2=O)cc1. The number of ether oxygens (including phenoxy) is 2. The Labute approximate surface area is 126 Å². The molecule has 7 heteroatoms. The molecular weight excluding hydrogens is 284 g/mol. The molecule has 0 spiro atoms. The summed E-state index contributed by atoms with van der Waals surface area (Å²) in [5.41, 5.74) is 0.466. The van der Waals surface area contributed by atoms with Crippen molar-refractivity contribution in [2.24, 2.45) is 7.05 Å². The first-order chi connectivity index (χ1) is 10.7. The number of hydrogen-bond acceptors (Lipinski definition) is 5. The van der Waals surface area contributed by atoms with Crippen molar-refractivity contribution in [1.82, 2.24) is 19.3 Å². The molecule has 7 nitrogen and oxygen atoms in total. The van der Waals surface area contributed by atoms with Gasteiger partial charge in [-0.1, -0.05) is 0 Å². The first kappa shape index (κ1) is 14.1. The molecule has 22 heavy (non-hydrogen) atoms. The Morgan fingerprint density at radius 2 is 1.91 bits per heavy atom. The molecule has 114 valence electrons. The quantitative estimate of drug-likeness (QED) is 0.708. The van der Waals surface area contributed by atoms with Gasteiger partial charge in [0.05, 0.1) is 19.9 Å². The van der Waals surface area contributed by atoms with Crippen LogP contribution in [0, 0.1) is 0 Å². The molecule has 0 N–H and O–H groups in total. The fourth-order valence-electron chi connectivity index (χ4n) is 2.16. The summed E-state index contributed by atoms with van der Waals surface area (Å²) >= 11 is 0. The van der Waals surface area contributed by atoms with Crippen LogP contribution in [0.15, 0.2) is 41.6 Å². The van der Waals surface area contributed by atoms with Gasteiger partial charge in [-0.2, -0.15) is 5.10 Å². The maximum Gasteiger partial charge on any atom is 0.264 e. The van der Waals surface area contributed by atoms with Crippen molar-refractivity contribution in [1.29, 1.82) is 0 Å². The van der Waals surface area contributed by atoms with Crippen LogP contribution in [0.5, 0.6) is 11.5 Å². The lowest BCUT2D eigenvalue weighted by atomic mass is 10.3. The van der Waals surface area contributed by atoms with Crippen molar-refractivity contribution in [3.05, 3.63) is 47.1 Å². The van der Waals surface area contributed by atoms with Crippen LogP contribution in [0.3, 0.4) is 0 Å². The van der Waals surface area contributed by atoms with Gasteiger partial charge in [0, 0.05) is 7.05 Å². The van der Waals surface area contributed by atoms with E-state index in [2.05, 4.69) is 10.1 Å². The van der Waals surface area contributed by atoms with E-state index >= 15 is 0 Å². The molecule has 0 fully saturated rings. The van der Waals surface area contributed by atoms with Gasteiger partial charge >= 0.3 is 0 Å². The van der Waals surface area contributed by atoms with Crippen molar-refractivity contribution in [2.45, 2.75) is 6.54 Å². The lowest BCUT2D eigenvalue weighted by molar-refractivity contribution is 0.295. The number of aryl methyl sites for hydroxylation is 1. The van der Waals surface area contributed by atoms with Gasteiger partial charge in [-0.3, -0.25) is 14.0 Å². The maximum atomic E-state index is 12.3. The molecule has 2 aromatic heterocycles. The van der Waals surface area contributed by atoms with Gasteiger partial charge in [-0.05, 0) is 24.3 Å². The minimum absolute atomic E-state index is 0.114. The van der Waals surface area contributed by atoms with Crippen LogP contribution in [0.2, 0.25) is 0 Å². The van der Waals surface area contributed by atoms with E-state index in [4.69, 9.17) is 9.47 Å². The number of hydrogen-bond donors (Lipinski definition) is 0. The molecule has 0 aliphatic carbocycles. The predicted octanol–water partition coefficient (Wildman–Crippen LogP) is 1.22. The van der Waals surface area contributed by atoms with Gasteiger partial charge in [0.1, 0.15) is 29.8 Å². The summed E-state index contributed by atoms with van der Waals surface area (Å²) in [6, 6.07) is 7.30. The Kier molecular flexibility index (Phi) is 3.78. The molecule has 0 amide bonds. The van der Waals surface area contributed by atoms with Gasteiger partial charge in [-0.25, -0.2) is 4.98 Å². The fourth-order valence-corrected chi connectivity index (χ4v) is 2.16. The second-order valence-electron chi connectivity index (χ2n) is 4.77. The summed E-state index contributed by atoms with van der Waals surface area (Å²) in [6.07, 6.45) is 3.05. The summed E-state index contributed by atoms with van der Waals surface area (Å²) in [4.78, 5) is 16.5. The highest BCUT2D eigenvalue weighted by molar-refractivity contribution is 5.72. The third-order valence-corrected chi connectivity index (χ3v) is 3.38. The van der Waals surface area contributed by atoms with Crippen molar-refractivity contribution in [3.63, 3.8) is 0 Å². The molecule has 1 aromatic carbocycles. The Morgan fingerprint density at radius 3 is 2.64 bits per heavy atom. The van der Waals surface area contributed by atoms with Crippen LogP contribution in [-0.2, 0) is 13.6 Å². The normalized spacial score (nSPS) is 10.8. The highest BCUT2D eigenvalue weighted by atomic mass is 16.5. The van der Waals surface area contributed by atoms with Crippen LogP contribution < -0.4 is 15.0 Å². The Bertz CT molecular complexity index is 836. The molecular formula is C15H16N4O3. The van der Waals surface area contributed by atoms with Crippen LogP contribution >= 0.6 is 0 Å². The molecule has 3 aromatic rings. The first-order valence-electron chi connectivity index (χ1n) is 6.83. The molecule has 2 heterocycles. The topological polar surface area (TPSA) is 71.2 Å². The van der Waals surface area contributed by atoms with E-state index in [0.29, 0.717) is 24.2 Å². The van der Waals surface area contributed by atoms with Crippen molar-refractivity contribution in [2.75, 3.05) is 13.7 Å². The zero-order chi connectivity index (χ0) is 15.5. The number of nitrogens with zero attached hydrogens (tertiary/aromatic N) is 4. The van der Waals surface area contributed by atoms with E-state index in [1.165, 1.54) is 17.1 Å². The molecule has 0 aliphatic heterocycles. The number of aromatic nitrogens is 4. The second-order valence-corrected chi connectivity index (χ2v) is 4.77. The minimum Gasteiger partial charge on any atom is -0.497 e. The summed E-state index contributed by atoms with van der Waals surface area (Å²) in [7, 11) is 3.37. The van der Waals surface area contributed by atoms with Crippen LogP contribution in [-0.4, -0.2) is 33.0 Å². The van der Waals surface area contributed by atoms with Crippen LogP contribution in [0.1, 0.15) is 0 Å². The van der Waals surface area contributed by atoms with Gasteiger partial charge < -0.3 is 9.47 Å². The van der Waals surface area contributed by atoms with E-state index in [1.54, 1.807) is 18.8 Å². The Balaban J connectivity index is 1.68. The molecule has 0 unspecified atom stereocenters. The predicted molar refractivity (Wildman–Crippen MR) is 81.3 cm³/mol. The third kappa shape index (κ3) is 2.65. The molecule has 0 atom stereocenters. The van der Waals surface area contributed by atoms with Gasteiger partial charge in [0.2, 0.25) is 0 Å². The number of methoxy groups -OCH3 is 1. The second kappa shape index (κ2) is 5.88. The summed E-state index contributed by atoms with van der Waals surface area (Å²) in [6.45, 7) is 0.794. The average molecular weight is 300 g/mol. The Hall–Kier alpha value is -2.83. The summed E-state index contributed by atoms with van der Waals surface area (Å²) < 4.78 is 13.8. The number of benzene rings is 1. The molecule has 0 radical (unpaired) electrons. The molecule has 0 aliphatic rings. The lowest BCUT2D eigenvalue weighted by Gasteiger charge is -2.08. The van der Waals surface area contributed by atoms with E-state index in [9.17, 15) is 4.79 Å². The lowest BCUT2D eigenvalue weighted by Crippen LogP contribution is -2.23. The smallest absolute Gasteiger partial charge is 0.264 e. The maximum absolute atomic E-state index is 12.3. The van der Waals surface area contributed by atoms with Crippen LogP contribution in [0.4, 0.5) is 0 Å². The number of fused-ring (bicyclic) bond motifs is 1. The largest absolute Gasteiger partial charge is 0.497 e. The fraction of sp³-hybridized carbons (Fsp3) is 0.267. The highest BCUT2D eigenvalue weighted by Gasteiger charge is 2.07. The van der Waals surface area contributed by atoms with E-state index in [1.807, 2.05) is 24.3 Å². The average Bonchev–Trinajstić information content (AvgIpc) is 2.92. The third-order valence-electron chi connectivity index (χ3n) is 3.38. The zero-order valence-electron chi connectivity index (χ0n) is 12.4. The van der Waals surface area contributed by atoms with E-state index < -0.39 is 0 Å². The van der Waals surface area contributed by atoms with Crippen molar-refractivity contribution < 1.29 is 9.47 Å². The number of rotatable bonds is 5. The Morgan fingerprint density at radius 1 is 1.18 bits per heavy atom. The first-order valence-corrected chi connectivity index (χ1v) is 6.83. The molecule has 0 bridgehead atoms. The molecule has 3 rings (SSSR count). The van der Waals surface area contributed by atoms with Crippen LogP contribution in [0.25, 0.3) is 11.0 Å². The molecule has 0 saturated carbocycles. The minimum atomic E-state index is -0.114. The summed E-state index contributed by atoms with van der Waals surface area (Å²) in [5, 5.41) is 4.55. The van der Waals surface area contributed by atoms with Crippen molar-refractivity contribution >= 4 is 11.0 Å². The monoisotopic (exact) mass is 300 g/mol. The van der Waals surface area contributed by atoms with E-state index in [0.717, 1.165) is 11.5 Å².